The maximum absolute atomic E-state index is 12.2. The molecule has 1 heterocycles. The van der Waals surface area contributed by atoms with Crippen molar-refractivity contribution in [2.45, 2.75) is 12.9 Å². The monoisotopic (exact) mass is 428 g/mol. The zero-order valence-corrected chi connectivity index (χ0v) is 15.8. The van der Waals surface area contributed by atoms with Gasteiger partial charge in [-0.3, -0.25) is 4.79 Å². The first-order valence-corrected chi connectivity index (χ1v) is 8.41. The summed E-state index contributed by atoms with van der Waals surface area (Å²) < 4.78 is 41.9. The lowest BCUT2D eigenvalue weighted by atomic mass is 10.2. The Bertz CT molecular complexity index is 933. The first-order valence-electron chi connectivity index (χ1n) is 8.03. The van der Waals surface area contributed by atoms with Gasteiger partial charge in [-0.1, -0.05) is 29.8 Å². The fourth-order valence-corrected chi connectivity index (χ4v) is 2.50. The van der Waals surface area contributed by atoms with Crippen LogP contribution in [0.2, 0.25) is 5.02 Å². The molecule has 0 amide bonds. The highest BCUT2D eigenvalue weighted by Gasteiger charge is 2.31. The average Bonchev–Trinajstić information content (AvgIpc) is 3.14. The van der Waals surface area contributed by atoms with E-state index in [0.717, 1.165) is 5.56 Å². The van der Waals surface area contributed by atoms with Crippen molar-refractivity contribution in [3.63, 3.8) is 0 Å². The van der Waals surface area contributed by atoms with Gasteiger partial charge in [0, 0.05) is 18.6 Å². The van der Waals surface area contributed by atoms with E-state index < -0.39 is 6.36 Å². The molecule has 0 aliphatic rings. The van der Waals surface area contributed by atoms with Crippen molar-refractivity contribution in [3.8, 4) is 11.4 Å². The van der Waals surface area contributed by atoms with Crippen molar-refractivity contribution in [3.05, 3.63) is 65.4 Å². The Labute approximate surface area is 168 Å². The molecule has 3 rings (SSSR count). The second kappa shape index (κ2) is 9.78. The number of benzene rings is 2. The first kappa shape index (κ1) is 22.0. The Hall–Kier alpha value is -3.27. The molecule has 1 N–H and O–H groups in total. The summed E-state index contributed by atoms with van der Waals surface area (Å²) in [5.41, 5.74) is 1.49. The van der Waals surface area contributed by atoms with E-state index in [9.17, 15) is 13.2 Å². The molecule has 0 aliphatic heterocycles. The van der Waals surface area contributed by atoms with E-state index in [-0.39, 0.29) is 12.2 Å². The maximum Gasteiger partial charge on any atom is 0.573 e. The van der Waals surface area contributed by atoms with E-state index in [1.165, 1.54) is 35.3 Å². The van der Waals surface area contributed by atoms with Crippen LogP contribution in [-0.2, 0) is 11.3 Å². The molecular formula is C18H16ClF3N4O3. The minimum atomic E-state index is -4.72. The minimum Gasteiger partial charge on any atom is -0.483 e. The number of hydrogen-bond donors (Lipinski definition) is 1. The van der Waals surface area contributed by atoms with Crippen molar-refractivity contribution in [2.75, 3.05) is 11.9 Å². The highest BCUT2D eigenvalue weighted by atomic mass is 35.5. The van der Waals surface area contributed by atoms with Crippen LogP contribution in [0.4, 0.5) is 19.1 Å². The lowest BCUT2D eigenvalue weighted by Crippen LogP contribution is -2.18. The quantitative estimate of drug-likeness (QED) is 0.615. The topological polar surface area (TPSA) is 80.5 Å². The van der Waals surface area contributed by atoms with Crippen molar-refractivity contribution in [2.24, 2.45) is 0 Å². The van der Waals surface area contributed by atoms with E-state index in [2.05, 4.69) is 14.8 Å². The maximum atomic E-state index is 12.2. The molecule has 154 valence electrons. The van der Waals surface area contributed by atoms with Gasteiger partial charge in [0.2, 0.25) is 5.95 Å². The number of ether oxygens (including phenoxy) is 1. The molecule has 7 nitrogen and oxygen atoms in total. The van der Waals surface area contributed by atoms with Gasteiger partial charge in [0.1, 0.15) is 12.1 Å². The third kappa shape index (κ3) is 6.68. The molecule has 0 spiro atoms. The van der Waals surface area contributed by atoms with Crippen LogP contribution < -0.4 is 9.64 Å². The van der Waals surface area contributed by atoms with Gasteiger partial charge in [-0.15, -0.1) is 18.3 Å². The van der Waals surface area contributed by atoms with Crippen molar-refractivity contribution >= 4 is 24.0 Å². The number of aromatic nitrogens is 3. The van der Waals surface area contributed by atoms with E-state index in [4.69, 9.17) is 21.5 Å². The van der Waals surface area contributed by atoms with Gasteiger partial charge in [0.15, 0.2) is 0 Å². The van der Waals surface area contributed by atoms with E-state index in [1.54, 1.807) is 6.07 Å². The Morgan fingerprint density at radius 1 is 1.21 bits per heavy atom. The summed E-state index contributed by atoms with van der Waals surface area (Å²) in [7, 11) is 1.82. The van der Waals surface area contributed by atoms with Gasteiger partial charge in [0.25, 0.3) is 6.47 Å². The van der Waals surface area contributed by atoms with Gasteiger partial charge in [-0.05, 0) is 35.9 Å². The highest BCUT2D eigenvalue weighted by molar-refractivity contribution is 6.31. The molecule has 0 unspecified atom stereocenters. The molecule has 1 aromatic heterocycles. The minimum absolute atomic E-state index is 0.250. The predicted molar refractivity (Wildman–Crippen MR) is 100 cm³/mol. The van der Waals surface area contributed by atoms with Crippen LogP contribution in [-0.4, -0.2) is 39.8 Å². The summed E-state index contributed by atoms with van der Waals surface area (Å²) in [6, 6.07) is 12.8. The fourth-order valence-electron chi connectivity index (χ4n) is 2.31. The molecule has 0 atom stereocenters. The number of hydrogen-bond acceptors (Lipinski definition) is 5. The zero-order chi connectivity index (χ0) is 21.4. The van der Waals surface area contributed by atoms with Gasteiger partial charge in [-0.2, -0.15) is 4.98 Å². The Morgan fingerprint density at radius 3 is 2.41 bits per heavy atom. The third-order valence-electron chi connectivity index (χ3n) is 3.52. The molecule has 0 radical (unpaired) electrons. The van der Waals surface area contributed by atoms with Crippen molar-refractivity contribution < 1.29 is 27.8 Å². The average molecular weight is 429 g/mol. The van der Waals surface area contributed by atoms with Gasteiger partial charge < -0.3 is 14.7 Å². The summed E-state index contributed by atoms with van der Waals surface area (Å²) in [6.45, 7) is 0.266. The third-order valence-corrected chi connectivity index (χ3v) is 3.89. The standard InChI is InChI=1S/C17H14ClF3N4O.CH2O2/c1-24(10-12-4-2-3-5-15(12)18)16-22-11-25(23-16)13-6-8-14(9-7-13)26-17(19,20)21;2-1-3/h2-9,11H,10H2,1H3;1H,(H,2,3). The number of rotatable bonds is 5. The molecule has 29 heavy (non-hydrogen) atoms. The summed E-state index contributed by atoms with van der Waals surface area (Å²) in [4.78, 5) is 14.4. The van der Waals surface area contributed by atoms with E-state index in [0.29, 0.717) is 23.2 Å². The molecule has 11 heteroatoms. The van der Waals surface area contributed by atoms with Crippen molar-refractivity contribution in [1.82, 2.24) is 14.8 Å². The molecule has 0 bridgehead atoms. The second-order valence-corrected chi connectivity index (χ2v) is 5.99. The number of anilines is 1. The van der Waals surface area contributed by atoms with Crippen LogP contribution in [0, 0.1) is 0 Å². The summed E-state index contributed by atoms with van der Waals surface area (Å²) in [6.07, 6.45) is -3.23. The molecular weight excluding hydrogens is 413 g/mol. The largest absolute Gasteiger partial charge is 0.573 e. The van der Waals surface area contributed by atoms with Gasteiger partial charge in [-0.25, -0.2) is 4.68 Å². The van der Waals surface area contributed by atoms with Crippen LogP contribution in [0.15, 0.2) is 54.9 Å². The normalized spacial score (nSPS) is 10.7. The van der Waals surface area contributed by atoms with Crippen LogP contribution in [0.5, 0.6) is 5.75 Å². The number of carboxylic acid groups (broad SMARTS) is 1. The lowest BCUT2D eigenvalue weighted by Gasteiger charge is -2.15. The Kier molecular flexibility index (Phi) is 7.43. The SMILES string of the molecule is CN(Cc1ccccc1Cl)c1ncn(-c2ccc(OC(F)(F)F)cc2)n1.O=CO. The first-order chi connectivity index (χ1) is 13.7. The molecule has 3 aromatic rings. The molecule has 0 saturated carbocycles. The van der Waals surface area contributed by atoms with Gasteiger partial charge >= 0.3 is 6.36 Å². The van der Waals surface area contributed by atoms with Crippen LogP contribution in [0.25, 0.3) is 5.69 Å². The fraction of sp³-hybridized carbons (Fsp3) is 0.167. The van der Waals surface area contributed by atoms with Crippen molar-refractivity contribution in [1.29, 1.82) is 0 Å². The number of alkyl halides is 3. The molecule has 0 saturated heterocycles. The van der Waals surface area contributed by atoms with E-state index in [1.807, 2.05) is 30.1 Å². The Morgan fingerprint density at radius 2 is 1.83 bits per heavy atom. The zero-order valence-electron chi connectivity index (χ0n) is 15.0. The summed E-state index contributed by atoms with van der Waals surface area (Å²) >= 11 is 6.15. The highest BCUT2D eigenvalue weighted by Crippen LogP contribution is 2.24. The lowest BCUT2D eigenvalue weighted by molar-refractivity contribution is -0.274. The van der Waals surface area contributed by atoms with E-state index >= 15 is 0 Å². The van der Waals surface area contributed by atoms with Crippen LogP contribution in [0.3, 0.4) is 0 Å². The molecule has 2 aromatic carbocycles. The second-order valence-electron chi connectivity index (χ2n) is 5.58. The van der Waals surface area contributed by atoms with Crippen LogP contribution >= 0.6 is 11.6 Å². The van der Waals surface area contributed by atoms with Crippen LogP contribution in [0.1, 0.15) is 5.56 Å². The molecule has 0 fully saturated rings. The van der Waals surface area contributed by atoms with Gasteiger partial charge in [0.05, 0.1) is 5.69 Å². The number of nitrogens with zero attached hydrogens (tertiary/aromatic N) is 4. The smallest absolute Gasteiger partial charge is 0.483 e. The summed E-state index contributed by atoms with van der Waals surface area (Å²) in [5, 5.41) is 11.9. The molecule has 0 aliphatic carbocycles. The number of halogens is 4. The summed E-state index contributed by atoms with van der Waals surface area (Å²) in [5.74, 6) is 0.165. The Balaban J connectivity index is 0.000000941. The number of carbonyl (C=O) groups is 1. The predicted octanol–water partition coefficient (Wildman–Crippen LogP) is 4.16.